The van der Waals surface area contributed by atoms with Gasteiger partial charge in [0.05, 0.1) is 6.54 Å². The molecular formula is C25H31N3O5S. The monoisotopic (exact) mass is 485 g/mol. The largest absolute Gasteiger partial charge is 0.486 e. The minimum atomic E-state index is -0.720. The first-order chi connectivity index (χ1) is 16.4. The van der Waals surface area contributed by atoms with Gasteiger partial charge < -0.3 is 25.0 Å². The summed E-state index contributed by atoms with van der Waals surface area (Å²) in [5.41, 5.74) is 2.02. The molecule has 182 valence electrons. The second kappa shape index (κ2) is 12.3. The number of carbonyl (C=O) groups excluding carboxylic acids is 3. The molecule has 0 fully saturated rings. The van der Waals surface area contributed by atoms with Gasteiger partial charge in [-0.2, -0.15) is 11.8 Å². The first-order valence-electron chi connectivity index (χ1n) is 11.3. The molecule has 3 rings (SSSR count). The standard InChI is InChI=1S/C25H31N3O5S/c1-4-28(16-23(29)26-19-8-9-21-22(15-19)33-12-11-32-21)25(31)20(10-13-34-3)27-24(30)18-7-5-6-17(2)14-18/h5-9,14-15,20H,4,10-13,16H2,1-3H3,(H,26,29)(H,27,30). The quantitative estimate of drug-likeness (QED) is 0.537. The predicted molar refractivity (Wildman–Crippen MR) is 134 cm³/mol. The Hall–Kier alpha value is -3.20. The van der Waals surface area contributed by atoms with Crippen molar-refractivity contribution in [3.63, 3.8) is 0 Å². The van der Waals surface area contributed by atoms with E-state index in [-0.39, 0.29) is 24.3 Å². The number of nitrogens with one attached hydrogen (secondary N) is 2. The molecular weight excluding hydrogens is 454 g/mol. The lowest BCUT2D eigenvalue weighted by Crippen LogP contribution is -2.50. The highest BCUT2D eigenvalue weighted by Crippen LogP contribution is 2.32. The van der Waals surface area contributed by atoms with Gasteiger partial charge in [-0.05, 0) is 56.5 Å². The number of benzene rings is 2. The number of hydrogen-bond donors (Lipinski definition) is 2. The molecule has 0 saturated heterocycles. The highest BCUT2D eigenvalue weighted by atomic mass is 32.2. The zero-order chi connectivity index (χ0) is 24.5. The van der Waals surface area contributed by atoms with E-state index in [0.29, 0.717) is 54.7 Å². The lowest BCUT2D eigenvalue weighted by Gasteiger charge is -2.26. The van der Waals surface area contributed by atoms with Gasteiger partial charge in [-0.3, -0.25) is 14.4 Å². The van der Waals surface area contributed by atoms with Crippen LogP contribution in [0.3, 0.4) is 0 Å². The van der Waals surface area contributed by atoms with Crippen molar-refractivity contribution in [1.82, 2.24) is 10.2 Å². The second-order valence-electron chi connectivity index (χ2n) is 7.94. The van der Waals surface area contributed by atoms with Gasteiger partial charge >= 0.3 is 0 Å². The highest BCUT2D eigenvalue weighted by Gasteiger charge is 2.27. The number of anilines is 1. The molecule has 0 radical (unpaired) electrons. The highest BCUT2D eigenvalue weighted by molar-refractivity contribution is 7.98. The minimum Gasteiger partial charge on any atom is -0.486 e. The molecule has 1 aliphatic rings. The molecule has 3 amide bonds. The molecule has 0 bridgehead atoms. The molecule has 1 atom stereocenters. The van der Waals surface area contributed by atoms with Gasteiger partial charge in [-0.15, -0.1) is 0 Å². The summed E-state index contributed by atoms with van der Waals surface area (Å²) in [4.78, 5) is 40.2. The van der Waals surface area contributed by atoms with Gasteiger partial charge in [0, 0.05) is 23.9 Å². The zero-order valence-corrected chi connectivity index (χ0v) is 20.6. The summed E-state index contributed by atoms with van der Waals surface area (Å²) in [6, 6.07) is 11.7. The van der Waals surface area contributed by atoms with Crippen LogP contribution in [0.15, 0.2) is 42.5 Å². The Morgan fingerprint density at radius 2 is 1.85 bits per heavy atom. The van der Waals surface area contributed by atoms with E-state index in [0.717, 1.165) is 5.56 Å². The maximum atomic E-state index is 13.3. The molecule has 1 aliphatic heterocycles. The molecule has 34 heavy (non-hydrogen) atoms. The van der Waals surface area contributed by atoms with Gasteiger partial charge in [0.1, 0.15) is 19.3 Å². The number of thioether (sulfide) groups is 1. The third-order valence-corrected chi connectivity index (χ3v) is 5.99. The van der Waals surface area contributed by atoms with Crippen molar-refractivity contribution in [2.24, 2.45) is 0 Å². The van der Waals surface area contributed by atoms with E-state index in [2.05, 4.69) is 10.6 Å². The lowest BCUT2D eigenvalue weighted by molar-refractivity contribution is -0.136. The molecule has 0 aromatic heterocycles. The smallest absolute Gasteiger partial charge is 0.251 e. The fourth-order valence-corrected chi connectivity index (χ4v) is 4.05. The first-order valence-corrected chi connectivity index (χ1v) is 12.7. The third-order valence-electron chi connectivity index (χ3n) is 5.35. The van der Waals surface area contributed by atoms with Crippen LogP contribution in [0.25, 0.3) is 0 Å². The Morgan fingerprint density at radius 3 is 2.56 bits per heavy atom. The topological polar surface area (TPSA) is 97.0 Å². The second-order valence-corrected chi connectivity index (χ2v) is 8.92. The van der Waals surface area contributed by atoms with Crippen LogP contribution >= 0.6 is 11.8 Å². The fraction of sp³-hybridized carbons (Fsp3) is 0.400. The number of hydrogen-bond acceptors (Lipinski definition) is 6. The number of nitrogens with zero attached hydrogens (tertiary/aromatic N) is 1. The van der Waals surface area contributed by atoms with E-state index < -0.39 is 6.04 Å². The van der Waals surface area contributed by atoms with E-state index in [1.165, 1.54) is 4.90 Å². The third kappa shape index (κ3) is 6.90. The normalized spacial score (nSPS) is 13.0. The number of fused-ring (bicyclic) bond motifs is 1. The number of rotatable bonds is 10. The average molecular weight is 486 g/mol. The van der Waals surface area contributed by atoms with Crippen molar-refractivity contribution >= 4 is 35.2 Å². The molecule has 2 aromatic rings. The van der Waals surface area contributed by atoms with E-state index >= 15 is 0 Å². The molecule has 2 aromatic carbocycles. The Kier molecular flexibility index (Phi) is 9.21. The van der Waals surface area contributed by atoms with E-state index in [4.69, 9.17) is 9.47 Å². The summed E-state index contributed by atoms with van der Waals surface area (Å²) in [7, 11) is 0. The van der Waals surface area contributed by atoms with Gasteiger partial charge in [-0.25, -0.2) is 0 Å². The van der Waals surface area contributed by atoms with Crippen LogP contribution in [0.2, 0.25) is 0 Å². The van der Waals surface area contributed by atoms with Gasteiger partial charge in [-0.1, -0.05) is 17.7 Å². The first kappa shape index (κ1) is 25.4. The molecule has 8 nitrogen and oxygen atoms in total. The molecule has 0 saturated carbocycles. The van der Waals surface area contributed by atoms with E-state index in [1.54, 1.807) is 42.1 Å². The summed E-state index contributed by atoms with van der Waals surface area (Å²) >= 11 is 1.60. The zero-order valence-electron chi connectivity index (χ0n) is 19.8. The fourth-order valence-electron chi connectivity index (χ4n) is 3.58. The average Bonchev–Trinajstić information content (AvgIpc) is 2.84. The molecule has 0 aliphatic carbocycles. The number of likely N-dealkylation sites (N-methyl/N-ethyl adjacent to an activating group) is 1. The number of amides is 3. The van der Waals surface area contributed by atoms with Crippen molar-refractivity contribution in [2.45, 2.75) is 26.3 Å². The molecule has 2 N–H and O–H groups in total. The number of carbonyl (C=O) groups is 3. The van der Waals surface area contributed by atoms with Crippen molar-refractivity contribution in [3.05, 3.63) is 53.6 Å². The number of aryl methyl sites for hydroxylation is 1. The summed E-state index contributed by atoms with van der Waals surface area (Å²) in [6.45, 7) is 4.87. The van der Waals surface area contributed by atoms with Crippen LogP contribution in [0.4, 0.5) is 5.69 Å². The SMILES string of the molecule is CCN(CC(=O)Nc1ccc2c(c1)OCCO2)C(=O)C(CCSC)NC(=O)c1cccc(C)c1. The Labute approximate surface area is 204 Å². The van der Waals surface area contributed by atoms with Crippen LogP contribution in [0, 0.1) is 6.92 Å². The summed E-state index contributed by atoms with van der Waals surface area (Å²) in [6.07, 6.45) is 2.42. The molecule has 0 spiro atoms. The Bertz CT molecular complexity index is 1030. The summed E-state index contributed by atoms with van der Waals surface area (Å²) in [5.74, 6) is 0.986. The maximum absolute atomic E-state index is 13.3. The van der Waals surface area contributed by atoms with Crippen LogP contribution in [-0.2, 0) is 9.59 Å². The van der Waals surface area contributed by atoms with E-state index in [9.17, 15) is 14.4 Å². The van der Waals surface area contributed by atoms with Gasteiger partial charge in [0.2, 0.25) is 11.8 Å². The van der Waals surface area contributed by atoms with E-state index in [1.807, 2.05) is 32.2 Å². The van der Waals surface area contributed by atoms with Crippen molar-refractivity contribution < 1.29 is 23.9 Å². The van der Waals surface area contributed by atoms with Crippen LogP contribution in [0.1, 0.15) is 29.3 Å². The lowest BCUT2D eigenvalue weighted by atomic mass is 10.1. The number of ether oxygens (including phenoxy) is 2. The Balaban J connectivity index is 1.65. The summed E-state index contributed by atoms with van der Waals surface area (Å²) in [5, 5.41) is 5.67. The van der Waals surface area contributed by atoms with Crippen LogP contribution in [-0.4, -0.2) is 67.0 Å². The van der Waals surface area contributed by atoms with Crippen molar-refractivity contribution in [2.75, 3.05) is 43.6 Å². The van der Waals surface area contributed by atoms with Crippen molar-refractivity contribution in [1.29, 1.82) is 0 Å². The molecule has 1 unspecified atom stereocenters. The van der Waals surface area contributed by atoms with Gasteiger partial charge in [0.15, 0.2) is 11.5 Å². The minimum absolute atomic E-state index is 0.125. The van der Waals surface area contributed by atoms with Crippen LogP contribution in [0.5, 0.6) is 11.5 Å². The Morgan fingerprint density at radius 1 is 1.09 bits per heavy atom. The molecule has 9 heteroatoms. The van der Waals surface area contributed by atoms with Gasteiger partial charge in [0.25, 0.3) is 5.91 Å². The predicted octanol–water partition coefficient (Wildman–Crippen LogP) is 3.10. The maximum Gasteiger partial charge on any atom is 0.251 e. The van der Waals surface area contributed by atoms with Crippen LogP contribution < -0.4 is 20.1 Å². The van der Waals surface area contributed by atoms with Crippen molar-refractivity contribution in [3.8, 4) is 11.5 Å². The summed E-state index contributed by atoms with van der Waals surface area (Å²) < 4.78 is 11.1. The molecule has 1 heterocycles.